The van der Waals surface area contributed by atoms with Crippen LogP contribution < -0.4 is 5.32 Å². The van der Waals surface area contributed by atoms with E-state index in [1.165, 1.54) is 28.5 Å². The fourth-order valence-electron chi connectivity index (χ4n) is 2.99. The van der Waals surface area contributed by atoms with Crippen LogP contribution in [0.25, 0.3) is 11.4 Å². The zero-order chi connectivity index (χ0) is 20.1. The number of thioether (sulfide) groups is 1. The topological polar surface area (TPSA) is 67.8 Å². The van der Waals surface area contributed by atoms with Gasteiger partial charge in [-0.3, -0.25) is 9.78 Å². The fourth-order valence-corrected chi connectivity index (χ4v) is 3.58. The Morgan fingerprint density at radius 2 is 1.82 bits per heavy atom. The molecule has 0 aliphatic heterocycles. The number of ketones is 1. The van der Waals surface area contributed by atoms with E-state index in [0.717, 1.165) is 5.56 Å². The Morgan fingerprint density at radius 3 is 2.46 bits per heavy atom. The third-order valence-corrected chi connectivity index (χ3v) is 5.42. The third kappa shape index (κ3) is 4.39. The van der Waals surface area contributed by atoms with Crippen molar-refractivity contribution in [2.24, 2.45) is 0 Å². The van der Waals surface area contributed by atoms with Gasteiger partial charge in [0.25, 0.3) is 0 Å². The summed E-state index contributed by atoms with van der Waals surface area (Å²) < 4.78 is 0. The average molecular weight is 393 g/mol. The molecule has 0 aliphatic carbocycles. The van der Waals surface area contributed by atoms with Gasteiger partial charge in [-0.2, -0.15) is 0 Å². The van der Waals surface area contributed by atoms with Crippen LogP contribution in [0.1, 0.15) is 33.5 Å². The summed E-state index contributed by atoms with van der Waals surface area (Å²) in [5, 5.41) is 3.77. The molecule has 0 atom stereocenters. The number of Topliss-reactive ketones (excluding diaryl/α,β-unsaturated/α-hetero) is 1. The SMILES string of the molecule is CNc1nc(-c2ccncc2)nc(SC)c1C(=O)CCc1ccc(C)c(C)c1. The molecule has 1 aromatic carbocycles. The summed E-state index contributed by atoms with van der Waals surface area (Å²) in [5.74, 6) is 1.20. The van der Waals surface area contributed by atoms with E-state index >= 15 is 0 Å². The van der Waals surface area contributed by atoms with Gasteiger partial charge in [0.15, 0.2) is 11.6 Å². The summed E-state index contributed by atoms with van der Waals surface area (Å²) in [6.45, 7) is 4.19. The van der Waals surface area contributed by atoms with Gasteiger partial charge < -0.3 is 5.32 Å². The van der Waals surface area contributed by atoms with Gasteiger partial charge in [-0.15, -0.1) is 11.8 Å². The van der Waals surface area contributed by atoms with Crippen LogP contribution in [0.5, 0.6) is 0 Å². The van der Waals surface area contributed by atoms with Gasteiger partial charge in [0.1, 0.15) is 10.8 Å². The van der Waals surface area contributed by atoms with Gasteiger partial charge in [0, 0.05) is 31.4 Å². The zero-order valence-electron chi connectivity index (χ0n) is 16.6. The molecule has 144 valence electrons. The lowest BCUT2D eigenvalue weighted by atomic mass is 10.0. The number of hydrogen-bond donors (Lipinski definition) is 1. The van der Waals surface area contributed by atoms with Crippen molar-refractivity contribution < 1.29 is 4.79 Å². The molecule has 1 N–H and O–H groups in total. The molecule has 0 bridgehead atoms. The van der Waals surface area contributed by atoms with Gasteiger partial charge in [0.05, 0.1) is 5.56 Å². The highest BCUT2D eigenvalue weighted by Crippen LogP contribution is 2.29. The Labute approximate surface area is 170 Å². The molecular formula is C22H24N4OS. The molecule has 0 saturated carbocycles. The van der Waals surface area contributed by atoms with E-state index < -0.39 is 0 Å². The Kier molecular flexibility index (Phi) is 6.41. The summed E-state index contributed by atoms with van der Waals surface area (Å²) >= 11 is 1.46. The van der Waals surface area contributed by atoms with E-state index in [9.17, 15) is 4.79 Å². The van der Waals surface area contributed by atoms with E-state index in [1.807, 2.05) is 18.4 Å². The summed E-state index contributed by atoms with van der Waals surface area (Å²) in [6.07, 6.45) is 6.46. The van der Waals surface area contributed by atoms with E-state index in [4.69, 9.17) is 0 Å². The van der Waals surface area contributed by atoms with Crippen molar-refractivity contribution in [3.63, 3.8) is 0 Å². The van der Waals surface area contributed by atoms with Gasteiger partial charge in [-0.1, -0.05) is 18.2 Å². The van der Waals surface area contributed by atoms with Crippen molar-refractivity contribution in [1.82, 2.24) is 15.0 Å². The van der Waals surface area contributed by atoms with Crippen LogP contribution in [0.3, 0.4) is 0 Å². The first-order chi connectivity index (χ1) is 13.5. The Bertz CT molecular complexity index is 964. The maximum absolute atomic E-state index is 13.0. The minimum atomic E-state index is 0.0493. The predicted octanol–water partition coefficient (Wildman–Crippen LogP) is 4.73. The molecule has 0 saturated heterocycles. The number of aryl methyl sites for hydroxylation is 3. The van der Waals surface area contributed by atoms with Crippen LogP contribution in [0, 0.1) is 13.8 Å². The van der Waals surface area contributed by atoms with Crippen molar-refractivity contribution in [3.8, 4) is 11.4 Å². The van der Waals surface area contributed by atoms with Gasteiger partial charge >= 0.3 is 0 Å². The van der Waals surface area contributed by atoms with E-state index in [-0.39, 0.29) is 5.78 Å². The molecule has 0 aliphatic rings. The Morgan fingerprint density at radius 1 is 1.07 bits per heavy atom. The molecule has 0 amide bonds. The molecule has 2 heterocycles. The monoisotopic (exact) mass is 392 g/mol. The number of carbonyl (C=O) groups is 1. The number of nitrogens with one attached hydrogen (secondary N) is 1. The van der Waals surface area contributed by atoms with Gasteiger partial charge in [-0.05, 0) is 55.3 Å². The highest BCUT2D eigenvalue weighted by molar-refractivity contribution is 7.98. The van der Waals surface area contributed by atoms with E-state index in [2.05, 4.69) is 52.3 Å². The van der Waals surface area contributed by atoms with Crippen molar-refractivity contribution >= 4 is 23.4 Å². The molecule has 6 heteroatoms. The van der Waals surface area contributed by atoms with Crippen molar-refractivity contribution in [2.75, 3.05) is 18.6 Å². The quantitative estimate of drug-likeness (QED) is 0.356. The number of nitrogens with zero attached hydrogens (tertiary/aromatic N) is 3. The maximum Gasteiger partial charge on any atom is 0.169 e. The molecule has 0 unspecified atom stereocenters. The lowest BCUT2D eigenvalue weighted by Gasteiger charge is -2.13. The molecule has 3 rings (SSSR count). The highest BCUT2D eigenvalue weighted by Gasteiger charge is 2.20. The van der Waals surface area contributed by atoms with Crippen LogP contribution in [0.2, 0.25) is 0 Å². The first kappa shape index (κ1) is 20.0. The zero-order valence-corrected chi connectivity index (χ0v) is 17.4. The van der Waals surface area contributed by atoms with Crippen molar-refractivity contribution in [2.45, 2.75) is 31.7 Å². The molecular weight excluding hydrogens is 368 g/mol. The summed E-state index contributed by atoms with van der Waals surface area (Å²) in [7, 11) is 1.78. The Hall–Kier alpha value is -2.73. The molecule has 3 aromatic rings. The minimum Gasteiger partial charge on any atom is -0.372 e. The molecule has 0 radical (unpaired) electrons. The van der Waals surface area contributed by atoms with Gasteiger partial charge in [0.2, 0.25) is 0 Å². The summed E-state index contributed by atoms with van der Waals surface area (Å²) in [4.78, 5) is 26.3. The first-order valence-electron chi connectivity index (χ1n) is 9.17. The van der Waals surface area contributed by atoms with E-state index in [0.29, 0.717) is 35.1 Å². The van der Waals surface area contributed by atoms with Crippen LogP contribution in [0.4, 0.5) is 5.82 Å². The van der Waals surface area contributed by atoms with Crippen LogP contribution in [-0.2, 0) is 6.42 Å². The second-order valence-electron chi connectivity index (χ2n) is 6.61. The molecule has 0 fully saturated rings. The van der Waals surface area contributed by atoms with Crippen LogP contribution in [-0.4, -0.2) is 34.0 Å². The van der Waals surface area contributed by atoms with Crippen LogP contribution >= 0.6 is 11.8 Å². The van der Waals surface area contributed by atoms with Crippen molar-refractivity contribution in [3.05, 3.63) is 65.0 Å². The van der Waals surface area contributed by atoms with Crippen molar-refractivity contribution in [1.29, 1.82) is 0 Å². The summed E-state index contributed by atoms with van der Waals surface area (Å²) in [6, 6.07) is 10.1. The highest BCUT2D eigenvalue weighted by atomic mass is 32.2. The second-order valence-corrected chi connectivity index (χ2v) is 7.40. The Balaban J connectivity index is 1.89. The smallest absolute Gasteiger partial charge is 0.169 e. The minimum absolute atomic E-state index is 0.0493. The predicted molar refractivity (Wildman–Crippen MR) is 115 cm³/mol. The average Bonchev–Trinajstić information content (AvgIpc) is 2.73. The van der Waals surface area contributed by atoms with Crippen LogP contribution in [0.15, 0.2) is 47.8 Å². The standard InChI is InChI=1S/C22H24N4OS/c1-14-5-6-16(13-15(14)2)7-8-18(27)19-21(23-3)25-20(26-22(19)28-4)17-9-11-24-12-10-17/h5-6,9-13H,7-8H2,1-4H3,(H,23,25,26). The normalized spacial score (nSPS) is 10.7. The number of aromatic nitrogens is 3. The molecule has 28 heavy (non-hydrogen) atoms. The third-order valence-electron chi connectivity index (χ3n) is 4.74. The lowest BCUT2D eigenvalue weighted by Crippen LogP contribution is -2.11. The number of carbonyl (C=O) groups excluding carboxylic acids is 1. The fraction of sp³-hybridized carbons (Fsp3) is 0.273. The van der Waals surface area contributed by atoms with E-state index in [1.54, 1.807) is 19.4 Å². The maximum atomic E-state index is 13.0. The number of benzene rings is 1. The molecule has 0 spiro atoms. The largest absolute Gasteiger partial charge is 0.372 e. The number of anilines is 1. The summed E-state index contributed by atoms with van der Waals surface area (Å²) in [5.41, 5.74) is 5.11. The number of pyridine rings is 1. The number of hydrogen-bond acceptors (Lipinski definition) is 6. The lowest BCUT2D eigenvalue weighted by molar-refractivity contribution is 0.0980. The molecule has 5 nitrogen and oxygen atoms in total. The van der Waals surface area contributed by atoms with Gasteiger partial charge in [-0.25, -0.2) is 9.97 Å². The molecule has 2 aromatic heterocycles. The first-order valence-corrected chi connectivity index (χ1v) is 10.4. The second kappa shape index (κ2) is 8.97. The number of rotatable bonds is 7.